The Hall–Kier alpha value is -2.74. The van der Waals surface area contributed by atoms with Crippen molar-refractivity contribution in [1.29, 1.82) is 0 Å². The van der Waals surface area contributed by atoms with Crippen LogP contribution >= 0.6 is 38.9 Å². The molecule has 8 heteroatoms. The first-order valence-electron chi connectivity index (χ1n) is 10.0. The van der Waals surface area contributed by atoms with Gasteiger partial charge in [0.2, 0.25) is 0 Å². The lowest BCUT2D eigenvalue weighted by molar-refractivity contribution is 0.301. The molecule has 32 heavy (non-hydrogen) atoms. The number of fused-ring (bicyclic) bond motifs is 3. The zero-order valence-corrected chi connectivity index (χ0v) is 20.0. The Bertz CT molecular complexity index is 1390. The maximum Gasteiger partial charge on any atom is 0.143 e. The first-order chi connectivity index (χ1) is 15.7. The molecule has 0 aliphatic carbocycles. The average molecular weight is 526 g/mol. The fraction of sp³-hybridized carbons (Fsp3) is 0.125. The van der Waals surface area contributed by atoms with Gasteiger partial charge in [0.15, 0.2) is 0 Å². The van der Waals surface area contributed by atoms with E-state index in [1.807, 2.05) is 36.4 Å². The molecule has 0 saturated carbocycles. The van der Waals surface area contributed by atoms with Gasteiger partial charge in [-0.15, -0.1) is 11.3 Å². The molecule has 0 fully saturated rings. The van der Waals surface area contributed by atoms with Crippen LogP contribution in [0.4, 0.5) is 11.5 Å². The van der Waals surface area contributed by atoms with Crippen molar-refractivity contribution in [3.8, 4) is 5.75 Å². The second-order valence-corrected chi connectivity index (χ2v) is 9.38. The molecule has 5 nitrogen and oxygen atoms in total. The molecule has 3 heterocycles. The molecule has 0 aliphatic heterocycles. The van der Waals surface area contributed by atoms with E-state index < -0.39 is 0 Å². The topological polar surface area (TPSA) is 59.9 Å². The maximum absolute atomic E-state index is 6.48. The van der Waals surface area contributed by atoms with Gasteiger partial charge < -0.3 is 10.1 Å². The number of ether oxygens (including phenoxy) is 1. The minimum absolute atomic E-state index is 0.359. The van der Waals surface area contributed by atoms with Gasteiger partial charge >= 0.3 is 0 Å². The van der Waals surface area contributed by atoms with Crippen LogP contribution in [-0.4, -0.2) is 20.3 Å². The number of benzene rings is 2. The normalized spacial score (nSPS) is 11.2. The lowest BCUT2D eigenvalue weighted by Gasteiger charge is -2.11. The highest BCUT2D eigenvalue weighted by Crippen LogP contribution is 2.38. The third-order valence-corrected chi connectivity index (χ3v) is 6.77. The smallest absolute Gasteiger partial charge is 0.143 e. The number of anilines is 2. The predicted octanol–water partition coefficient (Wildman–Crippen LogP) is 7.15. The Kier molecular flexibility index (Phi) is 6.21. The highest BCUT2D eigenvalue weighted by atomic mass is 79.9. The summed E-state index contributed by atoms with van der Waals surface area (Å²) in [5.74, 6) is 1.36. The summed E-state index contributed by atoms with van der Waals surface area (Å²) >= 11 is 11.7. The zero-order valence-electron chi connectivity index (χ0n) is 16.9. The van der Waals surface area contributed by atoms with Gasteiger partial charge in [0.25, 0.3) is 0 Å². The van der Waals surface area contributed by atoms with Crippen molar-refractivity contribution >= 4 is 70.7 Å². The molecular formula is C24H18BrClN4OS. The third-order valence-electron chi connectivity index (χ3n) is 5.01. The quantitative estimate of drug-likeness (QED) is 0.229. The van der Waals surface area contributed by atoms with Crippen molar-refractivity contribution in [2.24, 2.45) is 0 Å². The summed E-state index contributed by atoms with van der Waals surface area (Å²) in [5.41, 5.74) is 2.98. The summed E-state index contributed by atoms with van der Waals surface area (Å²) in [6.45, 7) is 0.359. The van der Waals surface area contributed by atoms with Gasteiger partial charge in [-0.05, 0) is 48.4 Å². The molecule has 1 N–H and O–H groups in total. The van der Waals surface area contributed by atoms with E-state index in [4.69, 9.17) is 16.3 Å². The van der Waals surface area contributed by atoms with Crippen LogP contribution in [0.15, 0.2) is 67.1 Å². The highest BCUT2D eigenvalue weighted by Gasteiger charge is 2.13. The average Bonchev–Trinajstić information content (AvgIpc) is 3.18. The molecule has 2 aromatic carbocycles. The van der Waals surface area contributed by atoms with Gasteiger partial charge in [0, 0.05) is 27.3 Å². The number of hydrogen-bond acceptors (Lipinski definition) is 6. The lowest BCUT2D eigenvalue weighted by atomic mass is 10.1. The van der Waals surface area contributed by atoms with Crippen LogP contribution < -0.4 is 10.1 Å². The molecule has 160 valence electrons. The number of pyridine rings is 1. The molecular weight excluding hydrogens is 508 g/mol. The van der Waals surface area contributed by atoms with E-state index in [-0.39, 0.29) is 0 Å². The number of rotatable bonds is 7. The van der Waals surface area contributed by atoms with Gasteiger partial charge in [-0.3, -0.25) is 4.98 Å². The molecule has 5 rings (SSSR count). The molecule has 3 aromatic heterocycles. The Balaban J connectivity index is 1.41. The lowest BCUT2D eigenvalue weighted by Crippen LogP contribution is -1.99. The van der Waals surface area contributed by atoms with Gasteiger partial charge in [0.05, 0.1) is 16.1 Å². The zero-order chi connectivity index (χ0) is 21.9. The molecule has 0 atom stereocenters. The molecule has 5 aromatic rings. The SMILES string of the molecule is Clc1cc(Nc2ncnc3sc4cc(CCBr)ccc4c23)ccc1OCc1ccccn1. The Labute approximate surface area is 202 Å². The van der Waals surface area contributed by atoms with E-state index in [2.05, 4.69) is 54.4 Å². The predicted molar refractivity (Wildman–Crippen MR) is 136 cm³/mol. The first-order valence-corrected chi connectivity index (χ1v) is 12.3. The molecule has 0 spiro atoms. The van der Waals surface area contributed by atoms with E-state index in [1.54, 1.807) is 23.9 Å². The van der Waals surface area contributed by atoms with Gasteiger partial charge in [-0.1, -0.05) is 45.7 Å². The van der Waals surface area contributed by atoms with Gasteiger partial charge in [-0.2, -0.15) is 0 Å². The number of nitrogens with one attached hydrogen (secondary N) is 1. The van der Waals surface area contributed by atoms with Crippen molar-refractivity contribution in [3.63, 3.8) is 0 Å². The summed E-state index contributed by atoms with van der Waals surface area (Å²) in [6, 6.07) is 17.9. The summed E-state index contributed by atoms with van der Waals surface area (Å²) < 4.78 is 7.03. The van der Waals surface area contributed by atoms with E-state index >= 15 is 0 Å². The first kappa shape index (κ1) is 21.1. The minimum atomic E-state index is 0.359. The van der Waals surface area contributed by atoms with E-state index in [9.17, 15) is 0 Å². The number of nitrogens with zero attached hydrogens (tertiary/aromatic N) is 3. The number of thiophene rings is 1. The Morgan fingerprint density at radius 3 is 2.78 bits per heavy atom. The fourth-order valence-corrected chi connectivity index (χ4v) is 5.28. The van der Waals surface area contributed by atoms with Gasteiger partial charge in [0.1, 0.15) is 29.3 Å². The van der Waals surface area contributed by atoms with Crippen LogP contribution in [0.5, 0.6) is 5.75 Å². The van der Waals surface area contributed by atoms with E-state index in [0.29, 0.717) is 17.4 Å². The summed E-state index contributed by atoms with van der Waals surface area (Å²) in [5, 5.41) is 7.03. The van der Waals surface area contributed by atoms with Crippen molar-refractivity contribution < 1.29 is 4.74 Å². The van der Waals surface area contributed by atoms with E-state index in [1.165, 1.54) is 10.3 Å². The second-order valence-electron chi connectivity index (χ2n) is 7.15. The number of aryl methyl sites for hydroxylation is 1. The van der Waals surface area contributed by atoms with Crippen molar-refractivity contribution in [2.75, 3.05) is 10.6 Å². The number of hydrogen-bond donors (Lipinski definition) is 1. The molecule has 0 bridgehead atoms. The van der Waals surface area contributed by atoms with Crippen molar-refractivity contribution in [2.45, 2.75) is 13.0 Å². The molecule has 0 amide bonds. The van der Waals surface area contributed by atoms with Crippen LogP contribution in [0.2, 0.25) is 5.02 Å². The van der Waals surface area contributed by atoms with Gasteiger partial charge in [-0.25, -0.2) is 9.97 Å². The Morgan fingerprint density at radius 1 is 1.03 bits per heavy atom. The largest absolute Gasteiger partial charge is 0.486 e. The summed E-state index contributed by atoms with van der Waals surface area (Å²) in [4.78, 5) is 14.2. The fourth-order valence-electron chi connectivity index (χ4n) is 3.48. The number of aromatic nitrogens is 3. The second kappa shape index (κ2) is 9.40. The Morgan fingerprint density at radius 2 is 1.97 bits per heavy atom. The van der Waals surface area contributed by atoms with Crippen molar-refractivity contribution in [3.05, 3.63) is 83.4 Å². The monoisotopic (exact) mass is 524 g/mol. The van der Waals surface area contributed by atoms with Crippen LogP contribution in [0.1, 0.15) is 11.3 Å². The summed E-state index contributed by atoms with van der Waals surface area (Å²) in [6.07, 6.45) is 4.33. The molecule has 0 saturated heterocycles. The molecule has 0 aliphatic rings. The summed E-state index contributed by atoms with van der Waals surface area (Å²) in [7, 11) is 0. The maximum atomic E-state index is 6.48. The minimum Gasteiger partial charge on any atom is -0.486 e. The highest BCUT2D eigenvalue weighted by molar-refractivity contribution is 9.09. The number of alkyl halides is 1. The van der Waals surface area contributed by atoms with Crippen LogP contribution in [0.25, 0.3) is 20.3 Å². The van der Waals surface area contributed by atoms with Crippen LogP contribution in [0.3, 0.4) is 0 Å². The van der Waals surface area contributed by atoms with Crippen LogP contribution in [0, 0.1) is 0 Å². The molecule has 0 unspecified atom stereocenters. The number of halogens is 2. The van der Waals surface area contributed by atoms with Crippen LogP contribution in [-0.2, 0) is 13.0 Å². The van der Waals surface area contributed by atoms with E-state index in [0.717, 1.165) is 44.6 Å². The third kappa shape index (κ3) is 4.41. The van der Waals surface area contributed by atoms with Crippen molar-refractivity contribution in [1.82, 2.24) is 15.0 Å². The standard InChI is InChI=1S/C24H18BrClN4OS/c25-9-8-15-4-6-18-21(11-15)32-24-22(18)23(28-14-29-24)30-16-5-7-20(19(26)12-16)31-13-17-3-1-2-10-27-17/h1-7,10-12,14H,8-9,13H2,(H,28,29,30). The molecule has 0 radical (unpaired) electrons.